The van der Waals surface area contributed by atoms with E-state index < -0.39 is 0 Å². The molecular weight excluding hydrogens is 343 g/mol. The largest absolute Gasteiger partial charge is 0.0654 e. The molecule has 1 aromatic rings. The maximum absolute atomic E-state index is 3.47. The Bertz CT molecular complexity index is 207. The number of hydrogen-bond acceptors (Lipinski definition) is 0. The first-order valence-corrected chi connectivity index (χ1v) is 8.74. The SMILES string of the molecule is Brc1ccc(P(Br)Br)cc1. The topological polar surface area (TPSA) is 0 Å². The highest BCUT2D eigenvalue weighted by Crippen LogP contribution is 2.50. The van der Waals surface area contributed by atoms with Crippen LogP contribution in [0.1, 0.15) is 0 Å². The van der Waals surface area contributed by atoms with Crippen molar-refractivity contribution in [3.05, 3.63) is 28.7 Å². The van der Waals surface area contributed by atoms with E-state index in [-0.39, 0.29) is 5.33 Å². The average molecular weight is 347 g/mol. The molecule has 0 aliphatic heterocycles. The Morgan fingerprint density at radius 2 is 1.50 bits per heavy atom. The van der Waals surface area contributed by atoms with Crippen molar-refractivity contribution in [2.75, 3.05) is 0 Å². The van der Waals surface area contributed by atoms with Gasteiger partial charge in [-0.1, -0.05) is 28.1 Å². The summed E-state index contributed by atoms with van der Waals surface area (Å²) in [4.78, 5) is 0. The molecule has 0 heterocycles. The van der Waals surface area contributed by atoms with E-state index in [1.54, 1.807) is 0 Å². The number of halogens is 3. The molecule has 10 heavy (non-hydrogen) atoms. The van der Waals surface area contributed by atoms with Crippen LogP contribution in [-0.4, -0.2) is 0 Å². The lowest BCUT2D eigenvalue weighted by molar-refractivity contribution is 1.70. The summed E-state index contributed by atoms with van der Waals surface area (Å²) < 4.78 is 1.12. The summed E-state index contributed by atoms with van der Waals surface area (Å²) in [5.74, 6) is 0. The van der Waals surface area contributed by atoms with E-state index in [4.69, 9.17) is 0 Å². The van der Waals surface area contributed by atoms with Gasteiger partial charge in [-0.3, -0.25) is 0 Å². The highest BCUT2D eigenvalue weighted by molar-refractivity contribution is 9.70. The molecule has 54 valence electrons. The molecule has 0 atom stereocenters. The molecule has 0 fully saturated rings. The van der Waals surface area contributed by atoms with E-state index in [2.05, 4.69) is 59.0 Å². The quantitative estimate of drug-likeness (QED) is 0.669. The van der Waals surface area contributed by atoms with E-state index in [1.807, 2.05) is 12.1 Å². The van der Waals surface area contributed by atoms with Crippen molar-refractivity contribution in [2.24, 2.45) is 0 Å². The van der Waals surface area contributed by atoms with Crippen LogP contribution in [0.25, 0.3) is 0 Å². The van der Waals surface area contributed by atoms with Crippen molar-refractivity contribution in [2.45, 2.75) is 0 Å². The zero-order valence-corrected chi connectivity index (χ0v) is 10.5. The molecule has 0 saturated carbocycles. The fraction of sp³-hybridized carbons (Fsp3) is 0. The monoisotopic (exact) mass is 344 g/mol. The lowest BCUT2D eigenvalue weighted by Gasteiger charge is -1.99. The van der Waals surface area contributed by atoms with Crippen LogP contribution in [0.5, 0.6) is 0 Å². The normalized spacial score (nSPS) is 10.4. The molecule has 1 aromatic carbocycles. The van der Waals surface area contributed by atoms with Crippen LogP contribution in [0, 0.1) is 0 Å². The Hall–Kier alpha value is 1.09. The summed E-state index contributed by atoms with van der Waals surface area (Å²) in [6.45, 7) is 0. The molecule has 0 nitrogen and oxygen atoms in total. The molecule has 0 N–H and O–H groups in total. The molecule has 0 saturated heterocycles. The first kappa shape index (κ1) is 9.18. The van der Waals surface area contributed by atoms with Gasteiger partial charge in [0.2, 0.25) is 0 Å². The Labute approximate surface area is 85.8 Å². The zero-order chi connectivity index (χ0) is 7.56. The highest BCUT2D eigenvalue weighted by Gasteiger charge is 1.99. The van der Waals surface area contributed by atoms with Gasteiger partial charge in [0.25, 0.3) is 0 Å². The Balaban J connectivity index is 2.89. The van der Waals surface area contributed by atoms with Gasteiger partial charge in [0.05, 0.1) is 5.33 Å². The van der Waals surface area contributed by atoms with E-state index in [1.165, 1.54) is 5.30 Å². The van der Waals surface area contributed by atoms with Crippen molar-refractivity contribution in [3.63, 3.8) is 0 Å². The standard InChI is InChI=1S/C6H4Br3P/c7-5-1-3-6(4-2-5)10(8)9/h1-4H. The molecule has 0 aliphatic carbocycles. The van der Waals surface area contributed by atoms with E-state index in [9.17, 15) is 0 Å². The molecule has 0 amide bonds. The molecule has 0 aliphatic rings. The third kappa shape index (κ3) is 2.61. The molecular formula is C6H4Br3P. The van der Waals surface area contributed by atoms with E-state index >= 15 is 0 Å². The maximum atomic E-state index is 3.47. The lowest BCUT2D eigenvalue weighted by atomic mass is 10.4. The molecule has 4 heteroatoms. The minimum Gasteiger partial charge on any atom is -0.0518 e. The van der Waals surface area contributed by atoms with Gasteiger partial charge in [-0.25, -0.2) is 0 Å². The van der Waals surface area contributed by atoms with Crippen molar-refractivity contribution < 1.29 is 0 Å². The zero-order valence-electron chi connectivity index (χ0n) is 4.89. The smallest absolute Gasteiger partial charge is 0.0518 e. The van der Waals surface area contributed by atoms with Crippen molar-refractivity contribution in [1.29, 1.82) is 0 Å². The van der Waals surface area contributed by atoms with Crippen LogP contribution in [-0.2, 0) is 0 Å². The number of benzene rings is 1. The van der Waals surface area contributed by atoms with Crippen LogP contribution in [0.3, 0.4) is 0 Å². The second-order valence-corrected chi connectivity index (χ2v) is 10.7. The molecule has 0 unspecified atom stereocenters. The highest BCUT2D eigenvalue weighted by atomic mass is 79.9. The Morgan fingerprint density at radius 1 is 1.00 bits per heavy atom. The number of hydrogen-bond donors (Lipinski definition) is 0. The average Bonchev–Trinajstić information content (AvgIpc) is 1.88. The van der Waals surface area contributed by atoms with Crippen LogP contribution in [0.2, 0.25) is 0 Å². The Morgan fingerprint density at radius 3 is 1.90 bits per heavy atom. The fourth-order valence-corrected chi connectivity index (χ4v) is 2.61. The van der Waals surface area contributed by atoms with Gasteiger partial charge in [0, 0.05) is 4.47 Å². The third-order valence-electron chi connectivity index (χ3n) is 1.02. The van der Waals surface area contributed by atoms with Gasteiger partial charge in [-0.05, 0) is 48.4 Å². The van der Waals surface area contributed by atoms with Gasteiger partial charge < -0.3 is 0 Å². The molecule has 0 aromatic heterocycles. The van der Waals surface area contributed by atoms with E-state index in [0.29, 0.717) is 0 Å². The van der Waals surface area contributed by atoms with Gasteiger partial charge in [-0.2, -0.15) is 0 Å². The fourth-order valence-electron chi connectivity index (χ4n) is 0.554. The first-order valence-electron chi connectivity index (χ1n) is 2.57. The maximum Gasteiger partial charge on any atom is 0.0654 e. The minimum atomic E-state index is -0.304. The Kier molecular flexibility index (Phi) is 3.86. The van der Waals surface area contributed by atoms with Crippen LogP contribution in [0.15, 0.2) is 28.7 Å². The predicted molar refractivity (Wildman–Crippen MR) is 58.6 cm³/mol. The minimum absolute atomic E-state index is 0.304. The summed E-state index contributed by atoms with van der Waals surface area (Å²) >= 11 is 10.3. The van der Waals surface area contributed by atoms with Crippen LogP contribution >= 0.6 is 52.2 Å². The molecule has 0 radical (unpaired) electrons. The van der Waals surface area contributed by atoms with Gasteiger partial charge in [0.15, 0.2) is 0 Å². The second-order valence-electron chi connectivity index (χ2n) is 1.71. The molecule has 1 rings (SSSR count). The van der Waals surface area contributed by atoms with E-state index in [0.717, 1.165) is 4.47 Å². The summed E-state index contributed by atoms with van der Waals surface area (Å²) in [7, 11) is 0. The third-order valence-corrected chi connectivity index (χ3v) is 4.70. The van der Waals surface area contributed by atoms with Crippen molar-refractivity contribution in [1.82, 2.24) is 0 Å². The van der Waals surface area contributed by atoms with Crippen LogP contribution in [0.4, 0.5) is 0 Å². The first-order chi connectivity index (χ1) is 4.70. The summed E-state index contributed by atoms with van der Waals surface area (Å²) in [6, 6.07) is 8.24. The molecule has 0 bridgehead atoms. The van der Waals surface area contributed by atoms with Gasteiger partial charge in [0.1, 0.15) is 0 Å². The summed E-state index contributed by atoms with van der Waals surface area (Å²) in [5, 5.41) is 0.986. The van der Waals surface area contributed by atoms with Crippen LogP contribution < -0.4 is 5.30 Å². The molecule has 0 spiro atoms. The van der Waals surface area contributed by atoms with Gasteiger partial charge >= 0.3 is 0 Å². The summed E-state index contributed by atoms with van der Waals surface area (Å²) in [6.07, 6.45) is 0. The number of rotatable bonds is 1. The van der Waals surface area contributed by atoms with Gasteiger partial charge in [-0.15, -0.1) is 0 Å². The summed E-state index contributed by atoms with van der Waals surface area (Å²) in [5.41, 5.74) is 0. The van der Waals surface area contributed by atoms with Crippen molar-refractivity contribution >= 4 is 57.5 Å². The van der Waals surface area contributed by atoms with Crippen molar-refractivity contribution in [3.8, 4) is 0 Å². The predicted octanol–water partition coefficient (Wildman–Crippen LogP) is 4.18. The lowest BCUT2D eigenvalue weighted by Crippen LogP contribution is -1.90. The second kappa shape index (κ2) is 4.20.